The number of ether oxygens (including phenoxy) is 1. The molecule has 2 amide bonds. The van der Waals surface area contributed by atoms with E-state index in [-0.39, 0.29) is 35.7 Å². The Balaban J connectivity index is 1.44. The number of anilines is 2. The van der Waals surface area contributed by atoms with Gasteiger partial charge >= 0.3 is 0 Å². The maximum atomic E-state index is 13.2. The molecular weight excluding hydrogens is 442 g/mol. The number of hydrogen-bond acceptors (Lipinski definition) is 5. The van der Waals surface area contributed by atoms with E-state index in [0.29, 0.717) is 30.7 Å². The van der Waals surface area contributed by atoms with Gasteiger partial charge in [-0.15, -0.1) is 0 Å². The highest BCUT2D eigenvalue weighted by molar-refractivity contribution is 7.89. The van der Waals surface area contributed by atoms with E-state index in [2.05, 4.69) is 5.32 Å². The monoisotopic (exact) mass is 471 g/mol. The molecule has 33 heavy (non-hydrogen) atoms. The van der Waals surface area contributed by atoms with Gasteiger partial charge in [-0.2, -0.15) is 4.31 Å². The summed E-state index contributed by atoms with van der Waals surface area (Å²) in [5.41, 5.74) is 2.26. The predicted molar refractivity (Wildman–Crippen MR) is 126 cm³/mol. The van der Waals surface area contributed by atoms with Crippen LogP contribution < -0.4 is 15.0 Å². The molecular formula is C24H29N3O5S. The summed E-state index contributed by atoms with van der Waals surface area (Å²) in [7, 11) is -2.00. The van der Waals surface area contributed by atoms with Crippen molar-refractivity contribution in [2.24, 2.45) is 5.92 Å². The minimum atomic E-state index is -3.76. The molecule has 4 rings (SSSR count). The molecule has 9 heteroatoms. The van der Waals surface area contributed by atoms with Crippen LogP contribution in [0, 0.1) is 12.8 Å². The van der Waals surface area contributed by atoms with Crippen LogP contribution in [0.15, 0.2) is 47.4 Å². The Hall–Kier alpha value is -2.91. The maximum absolute atomic E-state index is 13.2. The fraction of sp³-hybridized carbons (Fsp3) is 0.417. The summed E-state index contributed by atoms with van der Waals surface area (Å²) in [5, 5.41) is 2.73. The molecule has 2 aliphatic heterocycles. The van der Waals surface area contributed by atoms with Crippen LogP contribution in [0.5, 0.6) is 5.75 Å². The Bertz CT molecular complexity index is 1170. The highest BCUT2D eigenvalue weighted by Crippen LogP contribution is 2.34. The lowest BCUT2D eigenvalue weighted by molar-refractivity contribution is -0.124. The van der Waals surface area contributed by atoms with Crippen LogP contribution in [0.25, 0.3) is 0 Å². The molecule has 0 saturated carbocycles. The summed E-state index contributed by atoms with van der Waals surface area (Å²) >= 11 is 0. The number of carbonyl (C=O) groups excluding carboxylic acids is 2. The van der Waals surface area contributed by atoms with Gasteiger partial charge in [0.05, 0.1) is 10.6 Å². The van der Waals surface area contributed by atoms with Crippen molar-refractivity contribution in [1.82, 2.24) is 4.31 Å². The summed E-state index contributed by atoms with van der Waals surface area (Å²) < 4.78 is 33.5. The first kappa shape index (κ1) is 23.3. The van der Waals surface area contributed by atoms with E-state index < -0.39 is 16.1 Å². The van der Waals surface area contributed by atoms with E-state index in [4.69, 9.17) is 4.74 Å². The normalized spacial score (nSPS) is 19.4. The Morgan fingerprint density at radius 2 is 1.91 bits per heavy atom. The van der Waals surface area contributed by atoms with Crippen LogP contribution in [0.4, 0.5) is 11.4 Å². The molecule has 0 aliphatic carbocycles. The van der Waals surface area contributed by atoms with E-state index in [1.54, 1.807) is 18.0 Å². The molecule has 0 aromatic heterocycles. The first-order chi connectivity index (χ1) is 15.7. The molecule has 1 atom stereocenters. The number of rotatable bonds is 5. The molecule has 2 heterocycles. The number of sulfonamides is 1. The summed E-state index contributed by atoms with van der Waals surface area (Å²) in [6.45, 7) is 4.35. The standard InChI is InChI=1S/C24H29N3O5S/c1-4-21-23(28)25-20-15-19(8-9-22(20)32-21)33(30,31)27-12-10-17(11-13-27)24(29)26(3)18-7-5-6-16(2)14-18/h5-9,14-15,17,21H,4,10-13H2,1-3H3,(H,25,28)/t21-/m0/s1. The summed E-state index contributed by atoms with van der Waals surface area (Å²) in [6.07, 6.45) is 0.862. The van der Waals surface area contributed by atoms with E-state index in [9.17, 15) is 18.0 Å². The van der Waals surface area contributed by atoms with E-state index in [0.717, 1.165) is 11.3 Å². The van der Waals surface area contributed by atoms with Crippen molar-refractivity contribution in [3.8, 4) is 5.75 Å². The molecule has 2 aromatic carbocycles. The Labute approximate surface area is 194 Å². The van der Waals surface area contributed by atoms with E-state index in [1.165, 1.54) is 16.4 Å². The third kappa shape index (κ3) is 4.60. The van der Waals surface area contributed by atoms with Gasteiger partial charge in [-0.05, 0) is 62.1 Å². The molecule has 1 fully saturated rings. The third-order valence-electron chi connectivity index (χ3n) is 6.30. The second-order valence-electron chi connectivity index (χ2n) is 8.58. The van der Waals surface area contributed by atoms with Crippen LogP contribution in [0.1, 0.15) is 31.7 Å². The summed E-state index contributed by atoms with van der Waals surface area (Å²) in [4.78, 5) is 26.8. The number of amides is 2. The largest absolute Gasteiger partial charge is 0.478 e. The van der Waals surface area contributed by atoms with Gasteiger partial charge in [0.2, 0.25) is 15.9 Å². The smallest absolute Gasteiger partial charge is 0.265 e. The molecule has 1 N–H and O–H groups in total. The Morgan fingerprint density at radius 1 is 1.18 bits per heavy atom. The molecule has 0 spiro atoms. The van der Waals surface area contributed by atoms with E-state index in [1.807, 2.05) is 38.1 Å². The van der Waals surface area contributed by atoms with Crippen molar-refractivity contribution in [1.29, 1.82) is 0 Å². The number of benzene rings is 2. The van der Waals surface area contributed by atoms with Gasteiger partial charge in [0, 0.05) is 31.7 Å². The molecule has 2 aliphatic rings. The zero-order valence-corrected chi connectivity index (χ0v) is 19.9. The lowest BCUT2D eigenvalue weighted by Gasteiger charge is -2.33. The second kappa shape index (κ2) is 9.15. The fourth-order valence-corrected chi connectivity index (χ4v) is 5.79. The van der Waals surface area contributed by atoms with Gasteiger partial charge in [-0.1, -0.05) is 19.1 Å². The minimum Gasteiger partial charge on any atom is -0.478 e. The predicted octanol–water partition coefficient (Wildman–Crippen LogP) is 3.17. The fourth-order valence-electron chi connectivity index (χ4n) is 4.29. The lowest BCUT2D eigenvalue weighted by atomic mass is 9.96. The number of nitrogens with zero attached hydrogens (tertiary/aromatic N) is 2. The van der Waals surface area contributed by atoms with E-state index >= 15 is 0 Å². The molecule has 1 saturated heterocycles. The lowest BCUT2D eigenvalue weighted by Crippen LogP contribution is -2.43. The summed E-state index contributed by atoms with van der Waals surface area (Å²) in [6, 6.07) is 12.3. The Morgan fingerprint density at radius 3 is 2.58 bits per heavy atom. The minimum absolute atomic E-state index is 0.00299. The number of aryl methyl sites for hydroxylation is 1. The van der Waals surface area contributed by atoms with Crippen molar-refractivity contribution < 1.29 is 22.7 Å². The summed E-state index contributed by atoms with van der Waals surface area (Å²) in [5.74, 6) is -0.0542. The quantitative estimate of drug-likeness (QED) is 0.723. The first-order valence-electron chi connectivity index (χ1n) is 11.2. The van der Waals surface area contributed by atoms with Crippen LogP contribution in [0.2, 0.25) is 0 Å². The average Bonchev–Trinajstić information content (AvgIpc) is 2.82. The average molecular weight is 472 g/mol. The highest BCUT2D eigenvalue weighted by Gasteiger charge is 2.34. The first-order valence-corrected chi connectivity index (χ1v) is 12.6. The van der Waals surface area contributed by atoms with Gasteiger partial charge in [0.25, 0.3) is 5.91 Å². The second-order valence-corrected chi connectivity index (χ2v) is 10.5. The van der Waals surface area contributed by atoms with Gasteiger partial charge in [-0.25, -0.2) is 8.42 Å². The third-order valence-corrected chi connectivity index (χ3v) is 8.20. The van der Waals surface area contributed by atoms with Crippen LogP contribution >= 0.6 is 0 Å². The van der Waals surface area contributed by atoms with Crippen molar-refractivity contribution in [2.75, 3.05) is 30.4 Å². The topological polar surface area (TPSA) is 96.0 Å². The van der Waals surface area contributed by atoms with Crippen molar-refractivity contribution in [2.45, 2.75) is 44.1 Å². The zero-order valence-electron chi connectivity index (χ0n) is 19.1. The van der Waals surface area contributed by atoms with Crippen LogP contribution in [-0.2, 0) is 19.6 Å². The Kier molecular flexibility index (Phi) is 6.45. The molecule has 0 bridgehead atoms. The molecule has 176 valence electrons. The maximum Gasteiger partial charge on any atom is 0.265 e. The number of carbonyl (C=O) groups is 2. The number of piperidine rings is 1. The SMILES string of the molecule is CC[C@@H]1Oc2ccc(S(=O)(=O)N3CCC(C(=O)N(C)c4cccc(C)c4)CC3)cc2NC1=O. The number of fused-ring (bicyclic) bond motifs is 1. The van der Waals surface area contributed by atoms with Gasteiger partial charge < -0.3 is 15.0 Å². The molecule has 0 unspecified atom stereocenters. The highest BCUT2D eigenvalue weighted by atomic mass is 32.2. The van der Waals surface area contributed by atoms with Crippen molar-refractivity contribution in [3.05, 3.63) is 48.0 Å². The molecule has 8 nitrogen and oxygen atoms in total. The van der Waals surface area contributed by atoms with Crippen molar-refractivity contribution >= 4 is 33.2 Å². The van der Waals surface area contributed by atoms with Crippen molar-refractivity contribution in [3.63, 3.8) is 0 Å². The van der Waals surface area contributed by atoms with Gasteiger partial charge in [0.15, 0.2) is 6.10 Å². The number of hydrogen-bond donors (Lipinski definition) is 1. The molecule has 0 radical (unpaired) electrons. The van der Waals surface area contributed by atoms with Crippen LogP contribution in [-0.4, -0.2) is 50.8 Å². The molecule has 2 aromatic rings. The zero-order chi connectivity index (χ0) is 23.8. The number of nitrogens with one attached hydrogen (secondary N) is 1. The van der Waals surface area contributed by atoms with Crippen LogP contribution in [0.3, 0.4) is 0 Å². The van der Waals surface area contributed by atoms with Gasteiger partial charge in [0.1, 0.15) is 5.75 Å². The van der Waals surface area contributed by atoms with Gasteiger partial charge in [-0.3, -0.25) is 9.59 Å².